The standard InChI is InChI=1S/C15H15NO4S/c1-9-7-12(21-13(9)15(18)19)16-14(17)11-5-3-10(4-6-11)8-20-2/h3-7H,8H2,1-2H3,(H,16,17)(H,18,19). The quantitative estimate of drug-likeness (QED) is 0.889. The summed E-state index contributed by atoms with van der Waals surface area (Å²) in [5.74, 6) is -1.25. The summed E-state index contributed by atoms with van der Waals surface area (Å²) in [7, 11) is 1.61. The molecule has 0 saturated heterocycles. The van der Waals surface area contributed by atoms with Crippen LogP contribution in [0.25, 0.3) is 0 Å². The van der Waals surface area contributed by atoms with E-state index in [9.17, 15) is 9.59 Å². The van der Waals surface area contributed by atoms with Gasteiger partial charge in [-0.3, -0.25) is 4.79 Å². The van der Waals surface area contributed by atoms with Gasteiger partial charge in [0, 0.05) is 12.7 Å². The summed E-state index contributed by atoms with van der Waals surface area (Å²) in [5, 5.41) is 12.2. The van der Waals surface area contributed by atoms with E-state index in [4.69, 9.17) is 9.84 Å². The number of aromatic carboxylic acids is 1. The van der Waals surface area contributed by atoms with E-state index in [1.54, 1.807) is 32.2 Å². The third-order valence-corrected chi connectivity index (χ3v) is 4.02. The third-order valence-electron chi connectivity index (χ3n) is 2.88. The molecule has 1 aromatic heterocycles. The van der Waals surface area contributed by atoms with Crippen LogP contribution in [0, 0.1) is 6.92 Å². The molecular weight excluding hydrogens is 290 g/mol. The van der Waals surface area contributed by atoms with Crippen LogP contribution in [0.15, 0.2) is 30.3 Å². The topological polar surface area (TPSA) is 75.6 Å². The number of carboxylic acid groups (broad SMARTS) is 1. The highest BCUT2D eigenvalue weighted by molar-refractivity contribution is 7.18. The molecule has 2 rings (SSSR count). The van der Waals surface area contributed by atoms with Crippen LogP contribution >= 0.6 is 11.3 Å². The van der Waals surface area contributed by atoms with Crippen molar-refractivity contribution in [1.29, 1.82) is 0 Å². The van der Waals surface area contributed by atoms with E-state index in [-0.39, 0.29) is 10.8 Å². The van der Waals surface area contributed by atoms with Gasteiger partial charge >= 0.3 is 5.97 Å². The van der Waals surface area contributed by atoms with Gasteiger partial charge in [-0.05, 0) is 36.2 Å². The number of hydrogen-bond acceptors (Lipinski definition) is 4. The van der Waals surface area contributed by atoms with Crippen LogP contribution in [0.4, 0.5) is 5.00 Å². The molecule has 0 atom stereocenters. The summed E-state index contributed by atoms with van der Waals surface area (Å²) in [6.07, 6.45) is 0. The monoisotopic (exact) mass is 305 g/mol. The number of methoxy groups -OCH3 is 1. The summed E-state index contributed by atoms with van der Waals surface area (Å²) < 4.78 is 5.01. The summed E-state index contributed by atoms with van der Waals surface area (Å²) >= 11 is 1.05. The molecule has 2 aromatic rings. The van der Waals surface area contributed by atoms with Gasteiger partial charge in [0.25, 0.3) is 5.91 Å². The van der Waals surface area contributed by atoms with E-state index in [0.717, 1.165) is 16.9 Å². The molecule has 0 radical (unpaired) electrons. The van der Waals surface area contributed by atoms with Gasteiger partial charge in [0.1, 0.15) is 4.88 Å². The Balaban J connectivity index is 2.10. The molecule has 0 spiro atoms. The number of carbonyl (C=O) groups excluding carboxylic acids is 1. The number of carboxylic acids is 1. The largest absolute Gasteiger partial charge is 0.477 e. The Morgan fingerprint density at radius 2 is 1.95 bits per heavy atom. The van der Waals surface area contributed by atoms with Crippen molar-refractivity contribution in [3.63, 3.8) is 0 Å². The summed E-state index contributed by atoms with van der Waals surface area (Å²) in [6.45, 7) is 2.20. The first-order valence-electron chi connectivity index (χ1n) is 6.24. The second-order valence-electron chi connectivity index (χ2n) is 4.51. The maximum atomic E-state index is 12.1. The van der Waals surface area contributed by atoms with E-state index in [1.165, 1.54) is 0 Å². The molecule has 21 heavy (non-hydrogen) atoms. The minimum Gasteiger partial charge on any atom is -0.477 e. The number of thiophene rings is 1. The Bertz CT molecular complexity index is 661. The molecule has 110 valence electrons. The highest BCUT2D eigenvalue weighted by Gasteiger charge is 2.14. The molecule has 0 aliphatic rings. The van der Waals surface area contributed by atoms with Gasteiger partial charge in [0.15, 0.2) is 0 Å². The summed E-state index contributed by atoms with van der Waals surface area (Å²) in [5.41, 5.74) is 2.13. The lowest BCUT2D eigenvalue weighted by atomic mass is 10.1. The fourth-order valence-corrected chi connectivity index (χ4v) is 2.77. The van der Waals surface area contributed by atoms with Crippen molar-refractivity contribution in [2.75, 3.05) is 12.4 Å². The van der Waals surface area contributed by atoms with Gasteiger partial charge in [-0.2, -0.15) is 0 Å². The maximum absolute atomic E-state index is 12.1. The van der Waals surface area contributed by atoms with Crippen LogP contribution in [-0.2, 0) is 11.3 Å². The number of nitrogens with one attached hydrogen (secondary N) is 1. The van der Waals surface area contributed by atoms with E-state index < -0.39 is 5.97 Å². The Morgan fingerprint density at radius 1 is 1.29 bits per heavy atom. The molecule has 1 aromatic carbocycles. The molecule has 0 aliphatic heterocycles. The minimum atomic E-state index is -0.984. The average molecular weight is 305 g/mol. The van der Waals surface area contributed by atoms with Crippen LogP contribution < -0.4 is 5.32 Å². The van der Waals surface area contributed by atoms with Crippen LogP contribution in [-0.4, -0.2) is 24.1 Å². The van der Waals surface area contributed by atoms with Crippen LogP contribution in [0.1, 0.15) is 31.2 Å². The number of amides is 1. The van der Waals surface area contributed by atoms with E-state index in [2.05, 4.69) is 5.32 Å². The molecule has 1 amide bonds. The number of rotatable bonds is 5. The second-order valence-corrected chi connectivity index (χ2v) is 5.56. The molecule has 5 nitrogen and oxygen atoms in total. The molecule has 0 unspecified atom stereocenters. The zero-order valence-electron chi connectivity index (χ0n) is 11.7. The van der Waals surface area contributed by atoms with Crippen LogP contribution in [0.5, 0.6) is 0 Å². The Hall–Kier alpha value is -2.18. The number of hydrogen-bond donors (Lipinski definition) is 2. The predicted octanol–water partition coefficient (Wildman–Crippen LogP) is 3.15. The molecule has 0 aliphatic carbocycles. The van der Waals surface area contributed by atoms with E-state index in [0.29, 0.717) is 22.7 Å². The van der Waals surface area contributed by atoms with E-state index in [1.807, 2.05) is 12.1 Å². The first kappa shape index (κ1) is 15.2. The fourth-order valence-electron chi connectivity index (χ4n) is 1.86. The minimum absolute atomic E-state index is 0.237. The Morgan fingerprint density at radius 3 is 2.48 bits per heavy atom. The van der Waals surface area contributed by atoms with Crippen molar-refractivity contribution in [3.05, 3.63) is 51.9 Å². The maximum Gasteiger partial charge on any atom is 0.346 e. The lowest BCUT2D eigenvalue weighted by molar-refractivity contribution is 0.0701. The normalized spacial score (nSPS) is 10.4. The highest BCUT2D eigenvalue weighted by atomic mass is 32.1. The van der Waals surface area contributed by atoms with Crippen molar-refractivity contribution in [1.82, 2.24) is 0 Å². The van der Waals surface area contributed by atoms with Crippen molar-refractivity contribution < 1.29 is 19.4 Å². The first-order chi connectivity index (χ1) is 10.0. The predicted molar refractivity (Wildman–Crippen MR) is 81.1 cm³/mol. The average Bonchev–Trinajstić information content (AvgIpc) is 2.81. The molecular formula is C15H15NO4S. The molecule has 1 heterocycles. The van der Waals surface area contributed by atoms with Crippen LogP contribution in [0.2, 0.25) is 0 Å². The lowest BCUT2D eigenvalue weighted by Gasteiger charge is -2.04. The molecule has 0 saturated carbocycles. The molecule has 6 heteroatoms. The van der Waals surface area contributed by atoms with Crippen molar-refractivity contribution in [2.24, 2.45) is 0 Å². The van der Waals surface area contributed by atoms with Gasteiger partial charge in [-0.15, -0.1) is 11.3 Å². The van der Waals surface area contributed by atoms with Crippen molar-refractivity contribution in [2.45, 2.75) is 13.5 Å². The molecule has 2 N–H and O–H groups in total. The van der Waals surface area contributed by atoms with Gasteiger partial charge < -0.3 is 15.2 Å². The summed E-state index contributed by atoms with van der Waals surface area (Å²) in [6, 6.07) is 8.72. The number of benzene rings is 1. The number of carbonyl (C=O) groups is 2. The Kier molecular flexibility index (Phi) is 4.72. The van der Waals surface area contributed by atoms with Gasteiger partial charge in [-0.25, -0.2) is 4.79 Å². The van der Waals surface area contributed by atoms with Gasteiger partial charge in [-0.1, -0.05) is 12.1 Å². The second kappa shape index (κ2) is 6.51. The highest BCUT2D eigenvalue weighted by Crippen LogP contribution is 2.27. The first-order valence-corrected chi connectivity index (χ1v) is 7.06. The number of anilines is 1. The lowest BCUT2D eigenvalue weighted by Crippen LogP contribution is -2.10. The molecule has 0 bridgehead atoms. The van der Waals surface area contributed by atoms with Gasteiger partial charge in [0.05, 0.1) is 11.6 Å². The zero-order valence-corrected chi connectivity index (χ0v) is 12.5. The van der Waals surface area contributed by atoms with Crippen molar-refractivity contribution in [3.8, 4) is 0 Å². The smallest absolute Gasteiger partial charge is 0.346 e. The Labute approximate surface area is 126 Å². The third kappa shape index (κ3) is 3.68. The molecule has 0 fully saturated rings. The van der Waals surface area contributed by atoms with Gasteiger partial charge in [0.2, 0.25) is 0 Å². The SMILES string of the molecule is COCc1ccc(C(=O)Nc2cc(C)c(C(=O)O)s2)cc1. The number of ether oxygens (including phenoxy) is 1. The number of aryl methyl sites for hydroxylation is 1. The zero-order chi connectivity index (χ0) is 15.4. The fraction of sp³-hybridized carbons (Fsp3) is 0.200. The summed E-state index contributed by atoms with van der Waals surface area (Å²) in [4.78, 5) is 23.3. The van der Waals surface area contributed by atoms with Crippen molar-refractivity contribution >= 4 is 28.2 Å². The van der Waals surface area contributed by atoms with E-state index >= 15 is 0 Å². The van der Waals surface area contributed by atoms with Crippen LogP contribution in [0.3, 0.4) is 0 Å².